The monoisotopic (exact) mass is 458 g/mol. The van der Waals surface area contributed by atoms with Crippen LogP contribution in [0.2, 0.25) is 0 Å². The Morgan fingerprint density at radius 3 is 2.52 bits per heavy atom. The van der Waals surface area contributed by atoms with Crippen LogP contribution in [-0.4, -0.2) is 45.4 Å². The minimum atomic E-state index is -1.07. The lowest BCUT2D eigenvalue weighted by molar-refractivity contribution is -0.144. The summed E-state index contributed by atoms with van der Waals surface area (Å²) in [5.74, 6) is -1.28. The first kappa shape index (κ1) is 22.3. The molecule has 0 aliphatic carbocycles. The van der Waals surface area contributed by atoms with Gasteiger partial charge in [-0.25, -0.2) is 4.79 Å². The highest BCUT2D eigenvalue weighted by atomic mass is 32.2. The van der Waals surface area contributed by atoms with Crippen molar-refractivity contribution < 1.29 is 29.0 Å². The van der Waals surface area contributed by atoms with Crippen LogP contribution in [-0.2, 0) is 9.59 Å². The Morgan fingerprint density at radius 2 is 1.87 bits per heavy atom. The summed E-state index contributed by atoms with van der Waals surface area (Å²) < 4.78 is 10.6. The van der Waals surface area contributed by atoms with E-state index in [1.54, 1.807) is 54.6 Å². The van der Waals surface area contributed by atoms with E-state index in [-0.39, 0.29) is 9.88 Å². The molecule has 1 unspecified atom stereocenters. The van der Waals surface area contributed by atoms with Crippen molar-refractivity contribution in [3.05, 3.63) is 64.6 Å². The zero-order chi connectivity index (χ0) is 22.5. The van der Waals surface area contributed by atoms with Gasteiger partial charge in [0.15, 0.2) is 10.4 Å². The molecule has 0 radical (unpaired) electrons. The highest BCUT2D eigenvalue weighted by Crippen LogP contribution is 2.32. The van der Waals surface area contributed by atoms with E-state index in [1.807, 2.05) is 0 Å². The third-order valence-electron chi connectivity index (χ3n) is 4.20. The number of rotatable bonds is 7. The summed E-state index contributed by atoms with van der Waals surface area (Å²) in [6.45, 7) is 1.43. The fraction of sp³-hybridized carbons (Fsp3) is 0.143. The summed E-state index contributed by atoms with van der Waals surface area (Å²) in [4.78, 5) is 36.5. The molecule has 1 aliphatic rings. The van der Waals surface area contributed by atoms with Gasteiger partial charge in [0, 0.05) is 0 Å². The molecule has 0 saturated carbocycles. The van der Waals surface area contributed by atoms with E-state index in [4.69, 9.17) is 26.8 Å². The van der Waals surface area contributed by atoms with Gasteiger partial charge in [-0.2, -0.15) is 5.01 Å². The standard InChI is InChI=1S/C21H18N2O6S2/c1-12(20(26)27)29-14-9-7-13(8-10-14)11-17-19(25)23(21(30)31-17)22-18(24)15-5-3-4-6-16(15)28-2/h3-12H,1-2H3,(H,22,24)(H,26,27)/b17-11+. The number of para-hydroxylation sites is 1. The van der Waals surface area contributed by atoms with Crippen molar-refractivity contribution in [3.63, 3.8) is 0 Å². The number of carbonyl (C=O) groups is 3. The van der Waals surface area contributed by atoms with E-state index in [0.29, 0.717) is 22.0 Å². The molecule has 2 aromatic carbocycles. The molecule has 3 rings (SSSR count). The zero-order valence-corrected chi connectivity index (χ0v) is 18.2. The molecule has 2 amide bonds. The average molecular weight is 459 g/mol. The second kappa shape index (κ2) is 9.63. The Kier molecular flexibility index (Phi) is 6.93. The van der Waals surface area contributed by atoms with Gasteiger partial charge in [0.2, 0.25) is 0 Å². The number of ether oxygens (including phenoxy) is 2. The molecule has 2 aromatic rings. The molecule has 1 fully saturated rings. The summed E-state index contributed by atoms with van der Waals surface area (Å²) in [7, 11) is 1.45. The van der Waals surface area contributed by atoms with Crippen LogP contribution in [0.1, 0.15) is 22.8 Å². The number of benzene rings is 2. The van der Waals surface area contributed by atoms with E-state index in [1.165, 1.54) is 14.0 Å². The van der Waals surface area contributed by atoms with E-state index < -0.39 is 23.9 Å². The van der Waals surface area contributed by atoms with E-state index in [9.17, 15) is 14.4 Å². The first-order valence-corrected chi connectivity index (χ1v) is 10.2. The molecule has 0 spiro atoms. The molecule has 2 N–H and O–H groups in total. The molecule has 0 aromatic heterocycles. The number of hydrogen-bond donors (Lipinski definition) is 2. The summed E-state index contributed by atoms with van der Waals surface area (Å²) >= 11 is 6.30. The molecule has 1 saturated heterocycles. The van der Waals surface area contributed by atoms with Gasteiger partial charge in [-0.1, -0.05) is 36.0 Å². The maximum absolute atomic E-state index is 12.7. The van der Waals surface area contributed by atoms with Gasteiger partial charge in [0.05, 0.1) is 17.6 Å². The Bertz CT molecular complexity index is 1070. The van der Waals surface area contributed by atoms with Crippen LogP contribution in [0.3, 0.4) is 0 Å². The van der Waals surface area contributed by atoms with Gasteiger partial charge >= 0.3 is 5.97 Å². The first-order chi connectivity index (χ1) is 14.8. The predicted molar refractivity (Wildman–Crippen MR) is 120 cm³/mol. The van der Waals surface area contributed by atoms with Crippen molar-refractivity contribution in [2.24, 2.45) is 0 Å². The van der Waals surface area contributed by atoms with Gasteiger partial charge in [-0.15, -0.1) is 0 Å². The number of amides is 2. The Balaban J connectivity index is 1.71. The minimum absolute atomic E-state index is 0.190. The molecule has 31 heavy (non-hydrogen) atoms. The molecule has 8 nitrogen and oxygen atoms in total. The summed E-state index contributed by atoms with van der Waals surface area (Å²) in [5, 5.41) is 9.92. The highest BCUT2D eigenvalue weighted by molar-refractivity contribution is 8.26. The zero-order valence-electron chi connectivity index (χ0n) is 16.5. The van der Waals surface area contributed by atoms with Gasteiger partial charge < -0.3 is 14.6 Å². The van der Waals surface area contributed by atoms with Crippen molar-refractivity contribution in [3.8, 4) is 11.5 Å². The number of thiocarbonyl (C=S) groups is 1. The van der Waals surface area contributed by atoms with Gasteiger partial charge in [0.1, 0.15) is 11.5 Å². The molecular formula is C21H18N2O6S2. The Morgan fingerprint density at radius 1 is 1.19 bits per heavy atom. The molecule has 10 heteroatoms. The number of carbonyl (C=O) groups excluding carboxylic acids is 2. The van der Waals surface area contributed by atoms with Crippen LogP contribution in [0.25, 0.3) is 6.08 Å². The normalized spacial score (nSPS) is 15.7. The largest absolute Gasteiger partial charge is 0.496 e. The topological polar surface area (TPSA) is 105 Å². The first-order valence-electron chi connectivity index (χ1n) is 9.01. The fourth-order valence-corrected chi connectivity index (χ4v) is 3.79. The lowest BCUT2D eigenvalue weighted by Gasteiger charge is -2.16. The maximum Gasteiger partial charge on any atom is 0.344 e. The highest BCUT2D eigenvalue weighted by Gasteiger charge is 2.34. The number of carboxylic acids is 1. The summed E-state index contributed by atoms with van der Waals surface area (Å²) in [6, 6.07) is 13.2. The lowest BCUT2D eigenvalue weighted by atomic mass is 10.2. The maximum atomic E-state index is 12.7. The predicted octanol–water partition coefficient (Wildman–Crippen LogP) is 3.09. The van der Waals surface area contributed by atoms with E-state index in [2.05, 4.69) is 5.43 Å². The van der Waals surface area contributed by atoms with Crippen molar-refractivity contribution in [1.29, 1.82) is 0 Å². The second-order valence-electron chi connectivity index (χ2n) is 6.33. The molecule has 1 atom stereocenters. The van der Waals surface area contributed by atoms with Crippen LogP contribution >= 0.6 is 24.0 Å². The number of nitrogens with zero attached hydrogens (tertiary/aromatic N) is 1. The Labute approximate surface area is 187 Å². The number of carboxylic acid groups (broad SMARTS) is 1. The third-order valence-corrected chi connectivity index (χ3v) is 5.50. The van der Waals surface area contributed by atoms with Crippen LogP contribution in [0, 0.1) is 0 Å². The minimum Gasteiger partial charge on any atom is -0.496 e. The molecule has 160 valence electrons. The van der Waals surface area contributed by atoms with Crippen molar-refractivity contribution in [1.82, 2.24) is 10.4 Å². The number of hydrazine groups is 1. The average Bonchev–Trinajstić information content (AvgIpc) is 3.02. The van der Waals surface area contributed by atoms with Gasteiger partial charge in [-0.3, -0.25) is 15.0 Å². The molecule has 0 bridgehead atoms. The Hall–Kier alpha value is -3.37. The second-order valence-corrected chi connectivity index (χ2v) is 8.00. The molecule has 1 aliphatic heterocycles. The van der Waals surface area contributed by atoms with Crippen LogP contribution < -0.4 is 14.9 Å². The smallest absolute Gasteiger partial charge is 0.344 e. The van der Waals surface area contributed by atoms with Gasteiger partial charge in [0.25, 0.3) is 11.8 Å². The third kappa shape index (κ3) is 5.22. The number of methoxy groups -OCH3 is 1. The van der Waals surface area contributed by atoms with E-state index >= 15 is 0 Å². The van der Waals surface area contributed by atoms with Crippen molar-refractivity contribution >= 4 is 52.2 Å². The number of aliphatic carboxylic acids is 1. The quantitative estimate of drug-likeness (QED) is 0.482. The molecular weight excluding hydrogens is 440 g/mol. The molecule has 1 heterocycles. The van der Waals surface area contributed by atoms with E-state index in [0.717, 1.165) is 16.8 Å². The lowest BCUT2D eigenvalue weighted by Crippen LogP contribution is -2.44. The number of hydrogen-bond acceptors (Lipinski definition) is 7. The SMILES string of the molecule is COc1ccccc1C(=O)NN1C(=O)/C(=C\c2ccc(OC(C)C(=O)O)cc2)SC1=S. The van der Waals surface area contributed by atoms with Gasteiger partial charge in [-0.05, 0) is 55.0 Å². The summed E-state index contributed by atoms with van der Waals surface area (Å²) in [5.41, 5.74) is 3.47. The van der Waals surface area contributed by atoms with Crippen LogP contribution in [0.4, 0.5) is 0 Å². The van der Waals surface area contributed by atoms with Crippen LogP contribution in [0.15, 0.2) is 53.4 Å². The number of thioether (sulfide) groups is 1. The number of nitrogens with one attached hydrogen (secondary N) is 1. The fourth-order valence-electron chi connectivity index (χ4n) is 2.61. The van der Waals surface area contributed by atoms with Crippen molar-refractivity contribution in [2.45, 2.75) is 13.0 Å². The van der Waals surface area contributed by atoms with Crippen LogP contribution in [0.5, 0.6) is 11.5 Å². The van der Waals surface area contributed by atoms with Crippen molar-refractivity contribution in [2.75, 3.05) is 7.11 Å². The summed E-state index contributed by atoms with van der Waals surface area (Å²) in [6.07, 6.45) is 0.646.